The number of thiophene rings is 1. The van der Waals surface area contributed by atoms with Crippen LogP contribution in [0.1, 0.15) is 22.1 Å². The molecule has 2 atom stereocenters. The molecule has 0 fully saturated rings. The lowest BCUT2D eigenvalue weighted by atomic mass is 10.1. The zero-order chi connectivity index (χ0) is 13.2. The number of rotatable bonds is 3. The molecule has 2 heterocycles. The van der Waals surface area contributed by atoms with Crippen LogP contribution < -0.4 is 0 Å². The van der Waals surface area contributed by atoms with Crippen molar-refractivity contribution in [2.75, 3.05) is 6.67 Å². The molecule has 1 aromatic heterocycles. The molecule has 2 nitrogen and oxygen atoms in total. The Bertz CT molecular complexity index is 593. The van der Waals surface area contributed by atoms with Crippen molar-refractivity contribution in [1.82, 2.24) is 0 Å². The second-order valence-electron chi connectivity index (χ2n) is 4.59. The summed E-state index contributed by atoms with van der Waals surface area (Å²) in [5.74, 6) is 0.541. The fourth-order valence-corrected chi connectivity index (χ4v) is 3.12. The highest BCUT2D eigenvalue weighted by Gasteiger charge is 2.33. The molecule has 0 spiro atoms. The van der Waals surface area contributed by atoms with Crippen molar-refractivity contribution in [3.05, 3.63) is 57.8 Å². The second kappa shape index (κ2) is 5.13. The molecule has 0 unspecified atom stereocenters. The maximum absolute atomic E-state index is 13.1. The Hall–Kier alpha value is -1.68. The molecule has 98 valence electrons. The number of nitrogens with zero attached hydrogens (tertiary/aromatic N) is 1. The summed E-state index contributed by atoms with van der Waals surface area (Å²) in [7, 11) is 0. The lowest BCUT2D eigenvalue weighted by Crippen LogP contribution is -2.14. The third-order valence-electron chi connectivity index (χ3n) is 3.08. The number of aryl methyl sites for hydroxylation is 1. The van der Waals surface area contributed by atoms with Gasteiger partial charge in [-0.1, -0.05) is 18.2 Å². The SMILES string of the molecule is Cc1csc([C@@H]2OC(c3ccccc3)=N[C@@H]2CF)c1. The normalized spacial score (nSPS) is 22.1. The molecule has 2 aromatic rings. The van der Waals surface area contributed by atoms with Crippen molar-refractivity contribution in [3.8, 4) is 0 Å². The van der Waals surface area contributed by atoms with Crippen LogP contribution in [0.15, 0.2) is 46.8 Å². The summed E-state index contributed by atoms with van der Waals surface area (Å²) in [5.41, 5.74) is 2.08. The molecular formula is C15H14FNOS. The van der Waals surface area contributed by atoms with Crippen LogP contribution in [0.4, 0.5) is 4.39 Å². The summed E-state index contributed by atoms with van der Waals surface area (Å²) in [6, 6.07) is 11.2. The summed E-state index contributed by atoms with van der Waals surface area (Å²) in [4.78, 5) is 5.41. The Morgan fingerprint density at radius 2 is 2.11 bits per heavy atom. The highest BCUT2D eigenvalue weighted by atomic mass is 32.1. The number of aliphatic imine (C=N–C) groups is 1. The summed E-state index contributed by atoms with van der Waals surface area (Å²) < 4.78 is 19.0. The Morgan fingerprint density at radius 3 is 2.74 bits per heavy atom. The lowest BCUT2D eigenvalue weighted by molar-refractivity contribution is 0.184. The van der Waals surface area contributed by atoms with Gasteiger partial charge in [0.05, 0.1) is 0 Å². The van der Waals surface area contributed by atoms with E-state index in [0.29, 0.717) is 5.90 Å². The van der Waals surface area contributed by atoms with Gasteiger partial charge < -0.3 is 4.74 Å². The minimum absolute atomic E-state index is 0.293. The van der Waals surface area contributed by atoms with Gasteiger partial charge >= 0.3 is 0 Å². The van der Waals surface area contributed by atoms with Crippen LogP contribution in [-0.2, 0) is 4.74 Å². The van der Waals surface area contributed by atoms with E-state index in [2.05, 4.69) is 10.4 Å². The summed E-state index contributed by atoms with van der Waals surface area (Å²) in [5, 5.41) is 2.05. The van der Waals surface area contributed by atoms with Gasteiger partial charge in [0.15, 0.2) is 6.10 Å². The standard InChI is InChI=1S/C15H14FNOS/c1-10-7-13(19-9-10)14-12(8-16)17-15(18-14)11-5-3-2-4-6-11/h2-7,9,12,14H,8H2,1H3/t12-,14-/m1/s1. The average molecular weight is 275 g/mol. The lowest BCUT2D eigenvalue weighted by Gasteiger charge is -2.13. The van der Waals surface area contributed by atoms with E-state index >= 15 is 0 Å². The molecule has 0 amide bonds. The number of hydrogen-bond acceptors (Lipinski definition) is 3. The first-order chi connectivity index (χ1) is 9.28. The van der Waals surface area contributed by atoms with Crippen LogP contribution in [0.3, 0.4) is 0 Å². The molecule has 19 heavy (non-hydrogen) atoms. The smallest absolute Gasteiger partial charge is 0.217 e. The average Bonchev–Trinajstić information content (AvgIpc) is 3.05. The topological polar surface area (TPSA) is 21.6 Å². The Balaban J connectivity index is 1.88. The summed E-state index contributed by atoms with van der Waals surface area (Å²) in [6.07, 6.45) is -0.293. The minimum Gasteiger partial charge on any atom is -0.466 e. The molecule has 1 aliphatic rings. The monoisotopic (exact) mass is 275 g/mol. The second-order valence-corrected chi connectivity index (χ2v) is 5.53. The predicted molar refractivity (Wildman–Crippen MR) is 75.6 cm³/mol. The molecule has 0 bridgehead atoms. The molecule has 3 rings (SSSR count). The highest BCUT2D eigenvalue weighted by molar-refractivity contribution is 7.10. The van der Waals surface area contributed by atoms with Gasteiger partial charge in [-0.05, 0) is 36.1 Å². The molecule has 0 radical (unpaired) electrons. The van der Waals surface area contributed by atoms with E-state index in [1.807, 2.05) is 43.3 Å². The third kappa shape index (κ3) is 2.40. The summed E-state index contributed by atoms with van der Waals surface area (Å²) >= 11 is 1.60. The molecule has 0 saturated carbocycles. The Labute approximate surface area is 115 Å². The molecule has 0 N–H and O–H groups in total. The fraction of sp³-hybridized carbons (Fsp3) is 0.267. The van der Waals surface area contributed by atoms with E-state index in [4.69, 9.17) is 4.74 Å². The van der Waals surface area contributed by atoms with E-state index in [-0.39, 0.29) is 6.10 Å². The van der Waals surface area contributed by atoms with Crippen LogP contribution in [-0.4, -0.2) is 18.6 Å². The number of hydrogen-bond donors (Lipinski definition) is 0. The van der Waals surface area contributed by atoms with Crippen LogP contribution >= 0.6 is 11.3 Å². The molecular weight excluding hydrogens is 261 g/mol. The number of ether oxygens (including phenoxy) is 1. The quantitative estimate of drug-likeness (QED) is 0.832. The van der Waals surface area contributed by atoms with Gasteiger partial charge in [-0.25, -0.2) is 9.38 Å². The van der Waals surface area contributed by atoms with Crippen molar-refractivity contribution in [2.45, 2.75) is 19.1 Å². The molecule has 1 aromatic carbocycles. The van der Waals surface area contributed by atoms with E-state index in [0.717, 1.165) is 10.4 Å². The summed E-state index contributed by atoms with van der Waals surface area (Å²) in [6.45, 7) is 1.52. The molecule has 4 heteroatoms. The molecule has 0 aliphatic carbocycles. The zero-order valence-electron chi connectivity index (χ0n) is 10.5. The third-order valence-corrected chi connectivity index (χ3v) is 4.19. The first-order valence-corrected chi connectivity index (χ1v) is 7.07. The van der Waals surface area contributed by atoms with Crippen LogP contribution in [0.25, 0.3) is 0 Å². The largest absolute Gasteiger partial charge is 0.466 e. The van der Waals surface area contributed by atoms with Crippen LogP contribution in [0.2, 0.25) is 0 Å². The maximum atomic E-state index is 13.1. The van der Waals surface area contributed by atoms with Gasteiger partial charge in [0.2, 0.25) is 5.90 Å². The van der Waals surface area contributed by atoms with Gasteiger partial charge in [0.1, 0.15) is 12.7 Å². The van der Waals surface area contributed by atoms with E-state index in [1.54, 1.807) is 11.3 Å². The number of alkyl halides is 1. The predicted octanol–water partition coefficient (Wildman–Crippen LogP) is 3.91. The van der Waals surface area contributed by atoms with E-state index in [9.17, 15) is 4.39 Å². The van der Waals surface area contributed by atoms with Crippen molar-refractivity contribution in [2.24, 2.45) is 4.99 Å². The van der Waals surface area contributed by atoms with Crippen LogP contribution in [0, 0.1) is 6.92 Å². The Morgan fingerprint density at radius 1 is 1.32 bits per heavy atom. The molecule has 0 saturated heterocycles. The van der Waals surface area contributed by atoms with E-state index < -0.39 is 12.7 Å². The first-order valence-electron chi connectivity index (χ1n) is 6.19. The van der Waals surface area contributed by atoms with E-state index in [1.165, 1.54) is 5.56 Å². The number of halogens is 1. The highest BCUT2D eigenvalue weighted by Crippen LogP contribution is 2.34. The van der Waals surface area contributed by atoms with Gasteiger partial charge in [0, 0.05) is 10.4 Å². The fourth-order valence-electron chi connectivity index (χ4n) is 2.14. The van der Waals surface area contributed by atoms with Gasteiger partial charge in [0.25, 0.3) is 0 Å². The van der Waals surface area contributed by atoms with Gasteiger partial charge in [-0.2, -0.15) is 0 Å². The van der Waals surface area contributed by atoms with Crippen LogP contribution in [0.5, 0.6) is 0 Å². The van der Waals surface area contributed by atoms with Crippen molar-refractivity contribution < 1.29 is 9.13 Å². The van der Waals surface area contributed by atoms with Gasteiger partial charge in [-0.15, -0.1) is 11.3 Å². The van der Waals surface area contributed by atoms with Crippen molar-refractivity contribution in [3.63, 3.8) is 0 Å². The number of benzene rings is 1. The van der Waals surface area contributed by atoms with Crippen molar-refractivity contribution in [1.29, 1.82) is 0 Å². The zero-order valence-corrected chi connectivity index (χ0v) is 11.4. The Kier molecular flexibility index (Phi) is 3.34. The van der Waals surface area contributed by atoms with Gasteiger partial charge in [-0.3, -0.25) is 0 Å². The molecule has 1 aliphatic heterocycles. The maximum Gasteiger partial charge on any atom is 0.217 e. The minimum atomic E-state index is -0.502. The first kappa shape index (κ1) is 12.4. The van der Waals surface area contributed by atoms with Crippen molar-refractivity contribution >= 4 is 17.2 Å².